The number of benzene rings is 3. The Bertz CT molecular complexity index is 905. The third-order valence-corrected chi connectivity index (χ3v) is 5.06. The van der Waals surface area contributed by atoms with Gasteiger partial charge in [-0.3, -0.25) is 14.5 Å². The molecule has 0 fully saturated rings. The van der Waals surface area contributed by atoms with Crippen LogP contribution in [0.3, 0.4) is 0 Å². The second-order valence-corrected chi connectivity index (χ2v) is 7.49. The SMILES string of the molecule is NC(=O)CCC(C(=O)OCc1ccccc1)N(Cc1ccccc1)Cc1ccccc1. The van der Waals surface area contributed by atoms with Crippen LogP contribution in [-0.4, -0.2) is 22.8 Å². The maximum atomic E-state index is 13.1. The number of nitrogens with zero attached hydrogens (tertiary/aromatic N) is 1. The number of rotatable bonds is 11. The molecule has 0 saturated heterocycles. The van der Waals surface area contributed by atoms with Gasteiger partial charge in [0.15, 0.2) is 0 Å². The Hall–Kier alpha value is -3.44. The van der Waals surface area contributed by atoms with Gasteiger partial charge in [0.1, 0.15) is 12.6 Å². The van der Waals surface area contributed by atoms with Gasteiger partial charge in [0.2, 0.25) is 5.91 Å². The molecule has 3 aromatic rings. The van der Waals surface area contributed by atoms with E-state index in [4.69, 9.17) is 10.5 Å². The molecule has 0 bridgehead atoms. The fourth-order valence-electron chi connectivity index (χ4n) is 3.47. The van der Waals surface area contributed by atoms with Crippen LogP contribution in [0.15, 0.2) is 91.0 Å². The first kappa shape index (κ1) is 22.2. The highest BCUT2D eigenvalue weighted by Gasteiger charge is 2.28. The van der Waals surface area contributed by atoms with Crippen molar-refractivity contribution in [2.75, 3.05) is 0 Å². The van der Waals surface area contributed by atoms with E-state index >= 15 is 0 Å². The highest BCUT2D eigenvalue weighted by molar-refractivity contribution is 5.78. The molecule has 5 nitrogen and oxygen atoms in total. The van der Waals surface area contributed by atoms with Crippen molar-refractivity contribution < 1.29 is 14.3 Å². The van der Waals surface area contributed by atoms with E-state index in [0.717, 1.165) is 16.7 Å². The van der Waals surface area contributed by atoms with Crippen LogP contribution in [0.4, 0.5) is 0 Å². The summed E-state index contributed by atoms with van der Waals surface area (Å²) >= 11 is 0. The Morgan fingerprint density at radius 3 is 1.65 bits per heavy atom. The Morgan fingerprint density at radius 1 is 0.742 bits per heavy atom. The molecule has 3 rings (SSSR count). The summed E-state index contributed by atoms with van der Waals surface area (Å²) in [5.41, 5.74) is 8.48. The van der Waals surface area contributed by atoms with Crippen LogP contribution in [0.25, 0.3) is 0 Å². The summed E-state index contributed by atoms with van der Waals surface area (Å²) in [5, 5.41) is 0. The van der Waals surface area contributed by atoms with Gasteiger partial charge < -0.3 is 10.5 Å². The third-order valence-electron chi connectivity index (χ3n) is 5.06. The Morgan fingerprint density at radius 2 is 1.19 bits per heavy atom. The van der Waals surface area contributed by atoms with Crippen LogP contribution < -0.4 is 5.73 Å². The molecular formula is C26H28N2O3. The molecule has 1 atom stereocenters. The van der Waals surface area contributed by atoms with E-state index in [0.29, 0.717) is 19.5 Å². The van der Waals surface area contributed by atoms with Crippen molar-refractivity contribution in [3.63, 3.8) is 0 Å². The van der Waals surface area contributed by atoms with Crippen molar-refractivity contribution in [2.24, 2.45) is 5.73 Å². The molecule has 0 spiro atoms. The van der Waals surface area contributed by atoms with E-state index in [1.165, 1.54) is 0 Å². The molecule has 1 unspecified atom stereocenters. The molecule has 0 aliphatic carbocycles. The summed E-state index contributed by atoms with van der Waals surface area (Å²) in [6.45, 7) is 1.30. The van der Waals surface area contributed by atoms with E-state index in [-0.39, 0.29) is 19.0 Å². The van der Waals surface area contributed by atoms with Gasteiger partial charge in [-0.15, -0.1) is 0 Å². The van der Waals surface area contributed by atoms with Crippen molar-refractivity contribution in [3.8, 4) is 0 Å². The van der Waals surface area contributed by atoms with Gasteiger partial charge in [0.25, 0.3) is 0 Å². The summed E-state index contributed by atoms with van der Waals surface area (Å²) in [5.74, 6) is -0.780. The first-order valence-corrected chi connectivity index (χ1v) is 10.4. The maximum Gasteiger partial charge on any atom is 0.323 e. The zero-order chi connectivity index (χ0) is 21.9. The molecule has 31 heavy (non-hydrogen) atoms. The lowest BCUT2D eigenvalue weighted by Crippen LogP contribution is -2.42. The fourth-order valence-corrected chi connectivity index (χ4v) is 3.47. The monoisotopic (exact) mass is 416 g/mol. The summed E-state index contributed by atoms with van der Waals surface area (Å²) in [6, 6.07) is 28.9. The lowest BCUT2D eigenvalue weighted by Gasteiger charge is -2.30. The average Bonchev–Trinajstić information content (AvgIpc) is 2.79. The predicted molar refractivity (Wildman–Crippen MR) is 121 cm³/mol. The van der Waals surface area contributed by atoms with Crippen LogP contribution in [0.2, 0.25) is 0 Å². The van der Waals surface area contributed by atoms with Crippen molar-refractivity contribution in [3.05, 3.63) is 108 Å². The van der Waals surface area contributed by atoms with Crippen molar-refractivity contribution in [1.82, 2.24) is 4.90 Å². The van der Waals surface area contributed by atoms with Crippen LogP contribution in [-0.2, 0) is 34.0 Å². The number of primary amides is 1. The van der Waals surface area contributed by atoms with Gasteiger partial charge in [-0.25, -0.2) is 0 Å². The standard InChI is InChI=1S/C26H28N2O3/c27-25(29)17-16-24(26(30)31-20-23-14-8-3-9-15-23)28(18-21-10-4-1-5-11-21)19-22-12-6-2-7-13-22/h1-15,24H,16-20H2,(H2,27,29). The summed E-state index contributed by atoms with van der Waals surface area (Å²) in [4.78, 5) is 26.7. The van der Waals surface area contributed by atoms with E-state index in [9.17, 15) is 9.59 Å². The summed E-state index contributed by atoms with van der Waals surface area (Å²) in [6.07, 6.45) is 0.424. The number of nitrogens with two attached hydrogens (primary N) is 1. The number of ether oxygens (including phenoxy) is 1. The Balaban J connectivity index is 1.81. The fraction of sp³-hybridized carbons (Fsp3) is 0.231. The second-order valence-electron chi connectivity index (χ2n) is 7.49. The molecule has 3 aromatic carbocycles. The van der Waals surface area contributed by atoms with Crippen LogP contribution in [0, 0.1) is 0 Å². The van der Waals surface area contributed by atoms with Gasteiger partial charge in [-0.1, -0.05) is 91.0 Å². The molecule has 0 heterocycles. The van der Waals surface area contributed by atoms with Gasteiger partial charge in [0, 0.05) is 19.5 Å². The minimum atomic E-state index is -0.586. The van der Waals surface area contributed by atoms with Crippen LogP contribution in [0.5, 0.6) is 0 Å². The Kier molecular flexibility index (Phi) is 8.38. The third kappa shape index (κ3) is 7.39. The number of hydrogen-bond acceptors (Lipinski definition) is 4. The van der Waals surface area contributed by atoms with E-state index in [1.54, 1.807) is 0 Å². The van der Waals surface area contributed by atoms with Crippen LogP contribution >= 0.6 is 0 Å². The van der Waals surface area contributed by atoms with Gasteiger partial charge >= 0.3 is 5.97 Å². The van der Waals surface area contributed by atoms with E-state index < -0.39 is 11.9 Å². The highest BCUT2D eigenvalue weighted by atomic mass is 16.5. The molecule has 2 N–H and O–H groups in total. The van der Waals surface area contributed by atoms with E-state index in [1.807, 2.05) is 91.0 Å². The lowest BCUT2D eigenvalue weighted by atomic mass is 10.1. The van der Waals surface area contributed by atoms with Crippen molar-refractivity contribution in [2.45, 2.75) is 38.6 Å². The molecular weight excluding hydrogens is 388 g/mol. The molecule has 0 saturated carbocycles. The predicted octanol–water partition coefficient (Wildman–Crippen LogP) is 4.07. The Labute approximate surface area is 183 Å². The molecule has 160 valence electrons. The summed E-state index contributed by atoms with van der Waals surface area (Å²) < 4.78 is 5.65. The number of amides is 1. The number of hydrogen-bond donors (Lipinski definition) is 1. The van der Waals surface area contributed by atoms with E-state index in [2.05, 4.69) is 4.90 Å². The zero-order valence-electron chi connectivity index (χ0n) is 17.5. The molecule has 1 amide bonds. The van der Waals surface area contributed by atoms with Crippen molar-refractivity contribution >= 4 is 11.9 Å². The topological polar surface area (TPSA) is 72.6 Å². The molecule has 0 radical (unpaired) electrons. The number of esters is 1. The number of carbonyl (C=O) groups excluding carboxylic acids is 2. The maximum absolute atomic E-state index is 13.1. The smallest absolute Gasteiger partial charge is 0.323 e. The minimum Gasteiger partial charge on any atom is -0.460 e. The quantitative estimate of drug-likeness (QED) is 0.478. The zero-order valence-corrected chi connectivity index (χ0v) is 17.5. The molecule has 0 aromatic heterocycles. The molecule has 0 aliphatic heterocycles. The molecule has 5 heteroatoms. The minimum absolute atomic E-state index is 0.116. The largest absolute Gasteiger partial charge is 0.460 e. The lowest BCUT2D eigenvalue weighted by molar-refractivity contribution is -0.152. The second kappa shape index (κ2) is 11.7. The van der Waals surface area contributed by atoms with Gasteiger partial charge in [-0.2, -0.15) is 0 Å². The van der Waals surface area contributed by atoms with Gasteiger partial charge in [0.05, 0.1) is 0 Å². The highest BCUT2D eigenvalue weighted by Crippen LogP contribution is 2.18. The van der Waals surface area contributed by atoms with Crippen molar-refractivity contribution in [1.29, 1.82) is 0 Å². The number of carbonyl (C=O) groups is 2. The first-order chi connectivity index (χ1) is 15.1. The first-order valence-electron chi connectivity index (χ1n) is 10.4. The normalized spacial score (nSPS) is 11.8. The average molecular weight is 417 g/mol. The van der Waals surface area contributed by atoms with Gasteiger partial charge in [-0.05, 0) is 23.1 Å². The molecule has 0 aliphatic rings. The van der Waals surface area contributed by atoms with Crippen LogP contribution in [0.1, 0.15) is 29.5 Å². The summed E-state index contributed by atoms with van der Waals surface area (Å²) in [7, 11) is 0.